The van der Waals surface area contributed by atoms with E-state index in [-0.39, 0.29) is 36.4 Å². The maximum Gasteiger partial charge on any atom is 0.352 e. The second-order valence-corrected chi connectivity index (χ2v) is 5.85. The van der Waals surface area contributed by atoms with Crippen molar-refractivity contribution in [1.29, 1.82) is 0 Å². The third-order valence-corrected chi connectivity index (χ3v) is 3.58. The van der Waals surface area contributed by atoms with Gasteiger partial charge in [-0.15, -0.1) is 0 Å². The van der Waals surface area contributed by atoms with Gasteiger partial charge in [0.05, 0.1) is 18.2 Å². The number of carboxylic acid groups (broad SMARTS) is 2. The molecule has 2 amide bonds. The normalized spacial score (nSPS) is 11.2. The number of hydrogen-bond acceptors (Lipinski definition) is 7. The minimum Gasteiger partial charge on any atom is -0.481 e. The molecule has 0 fully saturated rings. The Morgan fingerprint density at radius 2 is 1.90 bits per heavy atom. The number of aromatic amines is 2. The number of carboxylic acids is 2. The minimum atomic E-state index is -1.48. The molecule has 0 aliphatic carbocycles. The Hall–Kier alpha value is -4.16. The number of aliphatic carboxylic acids is 2. The van der Waals surface area contributed by atoms with Crippen LogP contribution in [0, 0.1) is 0 Å². The number of nitrogen functional groups attached to an aromatic ring is 1. The van der Waals surface area contributed by atoms with Gasteiger partial charge in [0.1, 0.15) is 11.3 Å². The van der Waals surface area contributed by atoms with Crippen LogP contribution in [0.15, 0.2) is 22.6 Å². The van der Waals surface area contributed by atoms with Gasteiger partial charge >= 0.3 is 11.9 Å². The van der Waals surface area contributed by atoms with E-state index < -0.39 is 41.4 Å². The highest BCUT2D eigenvalue weighted by molar-refractivity contribution is 5.93. The molecule has 0 atom stereocenters. The molecule has 0 bridgehead atoms. The van der Waals surface area contributed by atoms with Gasteiger partial charge in [0, 0.05) is 18.7 Å². The molecular formula is C16H18N6O7. The summed E-state index contributed by atoms with van der Waals surface area (Å²) in [5.74, 6) is -3.95. The maximum atomic E-state index is 12.0. The molecule has 0 saturated heterocycles. The van der Waals surface area contributed by atoms with Gasteiger partial charge in [-0.3, -0.25) is 24.2 Å². The zero-order chi connectivity index (χ0) is 21.6. The fourth-order valence-electron chi connectivity index (χ4n) is 2.33. The molecule has 13 heteroatoms. The van der Waals surface area contributed by atoms with Crippen molar-refractivity contribution >= 4 is 40.7 Å². The first-order chi connectivity index (χ1) is 13.7. The average Bonchev–Trinajstić information content (AvgIpc) is 3.00. The lowest BCUT2D eigenvalue weighted by molar-refractivity contribution is -0.136. The first-order valence-corrected chi connectivity index (χ1v) is 8.25. The summed E-state index contributed by atoms with van der Waals surface area (Å²) in [4.78, 5) is 65.9. The number of aromatic nitrogens is 3. The second-order valence-electron chi connectivity index (χ2n) is 5.85. The van der Waals surface area contributed by atoms with E-state index >= 15 is 0 Å². The average molecular weight is 406 g/mol. The number of anilines is 1. The van der Waals surface area contributed by atoms with E-state index in [4.69, 9.17) is 15.9 Å². The molecule has 13 nitrogen and oxygen atoms in total. The Morgan fingerprint density at radius 3 is 2.55 bits per heavy atom. The van der Waals surface area contributed by atoms with Crippen molar-refractivity contribution in [1.82, 2.24) is 25.6 Å². The predicted molar refractivity (Wildman–Crippen MR) is 98.6 cm³/mol. The Balaban J connectivity index is 1.85. The quantitative estimate of drug-likeness (QED) is 0.239. The number of nitrogens with zero attached hydrogens (tertiary/aromatic N) is 1. The number of H-pyrrole nitrogens is 2. The van der Waals surface area contributed by atoms with Crippen molar-refractivity contribution in [2.75, 3.05) is 12.3 Å². The number of fused-ring (bicyclic) bond motifs is 1. The predicted octanol–water partition coefficient (Wildman–Crippen LogP) is -1.56. The molecule has 0 aromatic carbocycles. The van der Waals surface area contributed by atoms with Gasteiger partial charge < -0.3 is 31.6 Å². The number of nitrogens with two attached hydrogens (primary N) is 1. The van der Waals surface area contributed by atoms with E-state index in [1.165, 1.54) is 6.07 Å². The van der Waals surface area contributed by atoms with E-state index in [1.807, 2.05) is 0 Å². The van der Waals surface area contributed by atoms with Crippen LogP contribution in [-0.4, -0.2) is 55.5 Å². The molecule has 2 aromatic heterocycles. The third-order valence-electron chi connectivity index (χ3n) is 3.58. The summed E-state index contributed by atoms with van der Waals surface area (Å²) in [6.07, 6.45) is -0.0455. The summed E-state index contributed by atoms with van der Waals surface area (Å²) in [7, 11) is 0. The van der Waals surface area contributed by atoms with Crippen LogP contribution in [-0.2, 0) is 25.6 Å². The molecule has 154 valence electrons. The van der Waals surface area contributed by atoms with Gasteiger partial charge in [0.15, 0.2) is 0 Å². The fourth-order valence-corrected chi connectivity index (χ4v) is 2.33. The number of carbonyl (C=O) groups excluding carboxylic acids is 2. The molecule has 0 radical (unpaired) electrons. The van der Waals surface area contributed by atoms with Crippen LogP contribution in [0.4, 0.5) is 5.95 Å². The smallest absolute Gasteiger partial charge is 0.352 e. The van der Waals surface area contributed by atoms with E-state index in [0.717, 1.165) is 6.08 Å². The summed E-state index contributed by atoms with van der Waals surface area (Å²) in [5.41, 5.74) is 5.09. The molecule has 2 aromatic rings. The first kappa shape index (κ1) is 21.1. The molecule has 0 spiro atoms. The summed E-state index contributed by atoms with van der Waals surface area (Å²) < 4.78 is 0. The number of nitrogens with one attached hydrogen (secondary N) is 4. The number of amides is 2. The monoisotopic (exact) mass is 406 g/mol. The van der Waals surface area contributed by atoms with Crippen molar-refractivity contribution < 1.29 is 29.4 Å². The van der Waals surface area contributed by atoms with Gasteiger partial charge in [-0.05, 0) is 12.1 Å². The van der Waals surface area contributed by atoms with Crippen LogP contribution < -0.4 is 21.9 Å². The molecule has 2 heterocycles. The highest BCUT2D eigenvalue weighted by Gasteiger charge is 2.13. The number of hydrogen-bond donors (Lipinski definition) is 7. The third kappa shape index (κ3) is 6.20. The van der Waals surface area contributed by atoms with Gasteiger partial charge in [-0.2, -0.15) is 4.98 Å². The van der Waals surface area contributed by atoms with Crippen molar-refractivity contribution in [3.63, 3.8) is 0 Å². The molecule has 0 aliphatic heterocycles. The van der Waals surface area contributed by atoms with Crippen LogP contribution in [0.3, 0.4) is 0 Å². The lowest BCUT2D eigenvalue weighted by Gasteiger charge is -2.07. The summed E-state index contributed by atoms with van der Waals surface area (Å²) >= 11 is 0. The number of carbonyl (C=O) groups is 4. The van der Waals surface area contributed by atoms with Crippen molar-refractivity contribution in [2.45, 2.75) is 19.3 Å². The Kier molecular flexibility index (Phi) is 6.68. The van der Waals surface area contributed by atoms with Crippen LogP contribution >= 0.6 is 0 Å². The standard InChI is InChI=1S/C16H18N6O7/c17-16-21-13-8(14(27)22-16)5-7(19-13)6-11(24)18-4-3-10(23)20-9(15(28)29)1-2-12(25)26/h1,5H,2-4,6H2,(H,18,24)(H,20,23)(H,25,26)(H,28,29)(H4,17,19,21,22,27)/b9-1-. The van der Waals surface area contributed by atoms with E-state index in [0.29, 0.717) is 5.69 Å². The van der Waals surface area contributed by atoms with E-state index in [2.05, 4.69) is 25.6 Å². The second kappa shape index (κ2) is 9.16. The minimum absolute atomic E-state index is 0.0653. The fraction of sp³-hybridized carbons (Fsp3) is 0.250. The zero-order valence-electron chi connectivity index (χ0n) is 14.9. The Morgan fingerprint density at radius 1 is 1.17 bits per heavy atom. The highest BCUT2D eigenvalue weighted by atomic mass is 16.4. The summed E-state index contributed by atoms with van der Waals surface area (Å²) in [6.45, 7) is -0.0808. The Labute approximate surface area is 162 Å². The van der Waals surface area contributed by atoms with Gasteiger partial charge in [0.2, 0.25) is 17.8 Å². The Bertz CT molecular complexity index is 1050. The van der Waals surface area contributed by atoms with Crippen molar-refractivity contribution in [3.8, 4) is 0 Å². The molecule has 0 aliphatic rings. The lowest BCUT2D eigenvalue weighted by Crippen LogP contribution is -2.33. The largest absolute Gasteiger partial charge is 0.481 e. The number of rotatable bonds is 9. The van der Waals surface area contributed by atoms with Crippen molar-refractivity contribution in [3.05, 3.63) is 33.9 Å². The topological polar surface area (TPSA) is 220 Å². The zero-order valence-corrected chi connectivity index (χ0v) is 14.9. The van der Waals surface area contributed by atoms with Crippen LogP contribution in [0.25, 0.3) is 11.0 Å². The molecular weight excluding hydrogens is 388 g/mol. The first-order valence-electron chi connectivity index (χ1n) is 8.25. The van der Waals surface area contributed by atoms with Crippen LogP contribution in [0.1, 0.15) is 18.5 Å². The van der Waals surface area contributed by atoms with Gasteiger partial charge in [-0.25, -0.2) is 4.79 Å². The molecule has 2 rings (SSSR count). The lowest BCUT2D eigenvalue weighted by atomic mass is 10.2. The van der Waals surface area contributed by atoms with Gasteiger partial charge in [0.25, 0.3) is 5.56 Å². The highest BCUT2D eigenvalue weighted by Crippen LogP contribution is 2.10. The van der Waals surface area contributed by atoms with Gasteiger partial charge in [-0.1, -0.05) is 0 Å². The van der Waals surface area contributed by atoms with E-state index in [1.54, 1.807) is 0 Å². The molecule has 29 heavy (non-hydrogen) atoms. The molecule has 0 unspecified atom stereocenters. The molecule has 8 N–H and O–H groups in total. The summed E-state index contributed by atoms with van der Waals surface area (Å²) in [6, 6.07) is 1.46. The van der Waals surface area contributed by atoms with Crippen LogP contribution in [0.2, 0.25) is 0 Å². The SMILES string of the molecule is Nc1nc2[nH]c(CC(=O)NCCC(=O)N/C(=C\CC(=O)O)C(=O)O)cc2c(=O)[nH]1. The molecule has 0 saturated carbocycles. The van der Waals surface area contributed by atoms with Crippen molar-refractivity contribution in [2.24, 2.45) is 0 Å². The maximum absolute atomic E-state index is 12.0. The van der Waals surface area contributed by atoms with Crippen LogP contribution in [0.5, 0.6) is 0 Å². The summed E-state index contributed by atoms with van der Waals surface area (Å²) in [5, 5.41) is 22.3. The van der Waals surface area contributed by atoms with E-state index in [9.17, 15) is 24.0 Å².